The van der Waals surface area contributed by atoms with Crippen LogP contribution in [0.3, 0.4) is 0 Å². The lowest BCUT2D eigenvalue weighted by Crippen LogP contribution is -2.74. The van der Waals surface area contributed by atoms with Crippen LogP contribution in [0.4, 0.5) is 0 Å². The Morgan fingerprint density at radius 1 is 0.355 bits per heavy atom. The van der Waals surface area contributed by atoms with Gasteiger partial charge in [0.15, 0.2) is 19.7 Å². The third-order valence-corrected chi connectivity index (χ3v) is 17.8. The molecule has 15 rings (SSSR count). The zero-order valence-corrected chi connectivity index (χ0v) is 40.0. The first kappa shape index (κ1) is 24.4. The zero-order chi connectivity index (χ0) is 73.7. The fourth-order valence-electron chi connectivity index (χ4n) is 10.1. The van der Waals surface area contributed by atoms with Gasteiger partial charge in [0.25, 0.3) is 0 Å². The highest BCUT2D eigenvalue weighted by Crippen LogP contribution is 2.38. The highest BCUT2D eigenvalue weighted by Gasteiger charge is 2.42. The molecule has 0 saturated heterocycles. The molecule has 0 amide bonds. The Kier molecular flexibility index (Phi) is 5.65. The number of hydrogen-bond donors (Lipinski definition) is 0. The monoisotopic (exact) mass is 1010 g/mol. The number of rotatable bonds is 9. The maximum Gasteiger partial charge on any atom is 0.238 e. The Bertz CT molecular complexity index is 6250. The van der Waals surface area contributed by atoms with Gasteiger partial charge in [-0.3, -0.25) is 4.57 Å². The number of benzene rings is 11. The van der Waals surface area contributed by atoms with Crippen molar-refractivity contribution >= 4 is 94.4 Å². The van der Waals surface area contributed by atoms with Gasteiger partial charge in [0.1, 0.15) is 11.2 Å². The lowest BCUT2D eigenvalue weighted by Gasteiger charge is -2.35. The minimum absolute atomic E-state index is 0.152. The van der Waals surface area contributed by atoms with Crippen LogP contribution in [-0.4, -0.2) is 32.2 Å². The molecule has 0 aliphatic heterocycles. The molecule has 0 atom stereocenters. The smallest absolute Gasteiger partial charge is 0.238 e. The molecule has 4 aromatic heterocycles. The van der Waals surface area contributed by atoms with Crippen LogP contribution in [0.2, 0.25) is 0 Å². The average Bonchev–Trinajstić information content (AvgIpc) is 1.65. The fourth-order valence-corrected chi connectivity index (χ4v) is 14.3. The maximum atomic E-state index is 10.9. The van der Waals surface area contributed by atoms with Crippen molar-refractivity contribution in [1.82, 2.24) is 24.1 Å². The Morgan fingerprint density at radius 3 is 1.61 bits per heavy atom. The molecule has 7 heteroatoms. The fraction of sp³-hybridized carbons (Fsp3) is 0. The average molecular weight is 1020 g/mol. The second kappa shape index (κ2) is 17.6. The predicted octanol–water partition coefficient (Wildman–Crippen LogP) is 14.3. The largest absolute Gasteiger partial charge is 0.456 e. The van der Waals surface area contributed by atoms with E-state index in [2.05, 4.69) is 0 Å². The Balaban J connectivity index is 1.15. The molecule has 0 aliphatic carbocycles. The van der Waals surface area contributed by atoms with Gasteiger partial charge < -0.3 is 8.98 Å². The van der Waals surface area contributed by atoms with Crippen molar-refractivity contribution in [3.8, 4) is 45.5 Å². The molecule has 356 valence electrons. The van der Waals surface area contributed by atoms with Gasteiger partial charge >= 0.3 is 0 Å². The molecular weight excluding hydrogens is 943 g/mol. The first-order chi connectivity index (χ1) is 48.9. The van der Waals surface area contributed by atoms with E-state index in [0.717, 1.165) is 15.2 Å². The van der Waals surface area contributed by atoms with Crippen molar-refractivity contribution in [2.45, 2.75) is 0 Å². The number of fused-ring (bicyclic) bond motifs is 9. The third kappa shape index (κ3) is 6.83. The summed E-state index contributed by atoms with van der Waals surface area (Å²) in [4.78, 5) is 14.5. The molecule has 0 N–H and O–H groups in total. The quantitative estimate of drug-likeness (QED) is 0.107. The SMILES string of the molecule is [2H]c1cc2c3c([2H])c([2H])c([2H])c([2H])c3n(-c3c([2H])c([2H])c([2H])c([2H])c3-c3nc(-c4c([2H])c([2H])c([2H])c([Si](c5ccccc5)(c5ccccc5)c5c([2H])c([2H])c([2H])c(-c6ccc7oc8ccccc8c7c6)c5[2H])c4[2H])nc(-n4c5c([2H])c([2H])c([2H])c([2H])c5c5c([2H])c([2H])c([2H])c([2H])c54)n3)c2c([2H])c1[2H]. The highest BCUT2D eigenvalue weighted by molar-refractivity contribution is 7.20. The van der Waals surface area contributed by atoms with Gasteiger partial charge in [-0.1, -0.05) is 218 Å². The lowest BCUT2D eigenvalue weighted by atomic mass is 10.0. The van der Waals surface area contributed by atoms with Crippen molar-refractivity contribution in [1.29, 1.82) is 0 Å². The predicted molar refractivity (Wildman–Crippen MR) is 316 cm³/mol. The number of furan rings is 1. The molecule has 76 heavy (non-hydrogen) atoms. The highest BCUT2D eigenvalue weighted by atomic mass is 28.3. The summed E-state index contributed by atoms with van der Waals surface area (Å²) >= 11 is 0. The number of nitrogens with zero attached hydrogens (tertiary/aromatic N) is 5. The number of aromatic nitrogens is 5. The van der Waals surface area contributed by atoms with E-state index in [-0.39, 0.29) is 37.5 Å². The molecule has 0 saturated carbocycles. The minimum Gasteiger partial charge on any atom is -0.456 e. The van der Waals surface area contributed by atoms with Crippen LogP contribution < -0.4 is 20.7 Å². The molecule has 0 unspecified atom stereocenters. The Hall–Kier alpha value is -9.95. The van der Waals surface area contributed by atoms with Crippen molar-refractivity contribution in [2.24, 2.45) is 0 Å². The van der Waals surface area contributed by atoms with Gasteiger partial charge in [-0.15, -0.1) is 0 Å². The second-order valence-corrected chi connectivity index (χ2v) is 21.1. The van der Waals surface area contributed by atoms with Gasteiger partial charge in [-0.2, -0.15) is 9.97 Å². The number of para-hydroxylation sites is 6. The van der Waals surface area contributed by atoms with Crippen LogP contribution >= 0.6 is 0 Å². The molecule has 4 heterocycles. The summed E-state index contributed by atoms with van der Waals surface area (Å²) in [5, 5.41) is -0.663. The molecule has 0 fully saturated rings. The molecule has 0 aliphatic rings. The third-order valence-electron chi connectivity index (χ3n) is 13.4. The lowest BCUT2D eigenvalue weighted by molar-refractivity contribution is 0.669. The van der Waals surface area contributed by atoms with Crippen molar-refractivity contribution in [3.63, 3.8) is 0 Å². The Morgan fingerprint density at radius 2 is 0.895 bits per heavy atom. The summed E-state index contributed by atoms with van der Waals surface area (Å²) in [6.07, 6.45) is 0. The topological polar surface area (TPSA) is 61.7 Å². The molecule has 0 radical (unpaired) electrons. The summed E-state index contributed by atoms with van der Waals surface area (Å²) in [7, 11) is -5.06. The normalized spacial score (nSPS) is 16.9. The standard InChI is InChI=1S/C69H45N5OSi/c1-3-23-49(24-4-1)76(50-25-5-2-6-26-50,51-27-19-21-46(43-51)47-41-42-66-59(45-47)57-33-12-18-40-65(57)75-66)52-28-20-22-48(44-52)67-70-68(72-69(71-67)74-62-37-15-9-31-55(62)56-32-10-16-38-63(56)74)58-34-11-17-39-64(58)73-60-35-13-7-29-53(60)54-30-8-14-36-61(54)73/h1-45H/i7D,8D,9D,10D,11D,13D,14D,15D,16D,17D,19D,20D,21D,22D,27D,28D,29D,31D,32D,34D,35D,36D,37D,38D,39D,43D,44D. The Labute approximate surface area is 477 Å². The van der Waals surface area contributed by atoms with Crippen LogP contribution in [0.25, 0.3) is 111 Å². The first-order valence-electron chi connectivity index (χ1n) is 37.1. The van der Waals surface area contributed by atoms with E-state index in [1.807, 2.05) is 6.07 Å². The zero-order valence-electron chi connectivity index (χ0n) is 66.0. The summed E-state index contributed by atoms with van der Waals surface area (Å²) in [6, 6.07) is 6.78. The van der Waals surface area contributed by atoms with E-state index < -0.39 is 244 Å². The molecule has 6 nitrogen and oxygen atoms in total. The minimum atomic E-state index is -5.06. The van der Waals surface area contributed by atoms with Gasteiger partial charge in [0, 0.05) is 43.4 Å². The van der Waals surface area contributed by atoms with Crippen LogP contribution in [0.5, 0.6) is 0 Å². The van der Waals surface area contributed by atoms with E-state index in [9.17, 15) is 26.0 Å². The molecule has 15 aromatic rings. The van der Waals surface area contributed by atoms with Gasteiger partial charge in [-0.25, -0.2) is 4.98 Å². The van der Waals surface area contributed by atoms with Crippen LogP contribution in [0.1, 0.15) is 37.0 Å². The molecular formula is C69H45N5OSi. The van der Waals surface area contributed by atoms with Gasteiger partial charge in [-0.05, 0) is 86.3 Å². The summed E-state index contributed by atoms with van der Waals surface area (Å²) in [5.41, 5.74) is -3.69. The second-order valence-electron chi connectivity index (χ2n) is 17.4. The van der Waals surface area contributed by atoms with Gasteiger partial charge in [0.05, 0.1) is 64.8 Å². The van der Waals surface area contributed by atoms with Crippen molar-refractivity contribution < 1.29 is 41.4 Å². The van der Waals surface area contributed by atoms with Crippen LogP contribution in [-0.2, 0) is 0 Å². The molecule has 0 bridgehead atoms. The van der Waals surface area contributed by atoms with E-state index in [1.165, 1.54) is 0 Å². The van der Waals surface area contributed by atoms with Gasteiger partial charge in [0.2, 0.25) is 5.95 Å². The summed E-state index contributed by atoms with van der Waals surface area (Å²) in [6.45, 7) is 0. The number of hydrogen-bond acceptors (Lipinski definition) is 4. The van der Waals surface area contributed by atoms with E-state index in [4.69, 9.17) is 30.3 Å². The van der Waals surface area contributed by atoms with Crippen LogP contribution in [0, 0.1) is 0 Å². The van der Waals surface area contributed by atoms with Crippen LogP contribution in [0.15, 0.2) is 277 Å². The van der Waals surface area contributed by atoms with E-state index in [1.54, 1.807) is 97.1 Å². The molecule has 0 spiro atoms. The van der Waals surface area contributed by atoms with E-state index >= 15 is 0 Å². The van der Waals surface area contributed by atoms with E-state index in [0.29, 0.717) is 21.9 Å². The van der Waals surface area contributed by atoms with Crippen molar-refractivity contribution in [2.75, 3.05) is 0 Å². The first-order valence-corrected chi connectivity index (χ1v) is 25.6. The maximum absolute atomic E-state index is 10.9. The molecule has 11 aromatic carbocycles. The summed E-state index contributed by atoms with van der Waals surface area (Å²) in [5.74, 6) is -2.82. The summed E-state index contributed by atoms with van der Waals surface area (Å²) < 4.78 is 264. The van der Waals surface area contributed by atoms with Crippen molar-refractivity contribution in [3.05, 3.63) is 272 Å².